The average Bonchev–Trinajstić information content (AvgIpc) is 2.84. The number of nitrogens with one attached hydrogen (secondary N) is 1. The lowest BCUT2D eigenvalue weighted by Crippen LogP contribution is -2.20. The predicted molar refractivity (Wildman–Crippen MR) is 74.6 cm³/mol. The second-order valence-corrected chi connectivity index (χ2v) is 6.65. The topological polar surface area (TPSA) is 28.7 Å². The smallest absolute Gasteiger partial charge is 0.0573 e. The van der Waals surface area contributed by atoms with Crippen LogP contribution >= 0.6 is 8.35 Å². The number of H-pyrrole nitrogens is 1. The molecule has 1 aromatic rings. The van der Waals surface area contributed by atoms with E-state index >= 15 is 0 Å². The molecule has 0 spiro atoms. The zero-order chi connectivity index (χ0) is 12.0. The molecular formula is C14H25N2P. The highest BCUT2D eigenvalue weighted by atomic mass is 31.0. The van der Waals surface area contributed by atoms with Crippen LogP contribution in [0.5, 0.6) is 0 Å². The Morgan fingerprint density at radius 2 is 1.53 bits per heavy atom. The predicted octanol–water partition coefficient (Wildman–Crippen LogP) is 5.16. The fourth-order valence-corrected chi connectivity index (χ4v) is 3.80. The van der Waals surface area contributed by atoms with Crippen LogP contribution in [0, 0.1) is 0 Å². The number of rotatable bonds is 1. The highest BCUT2D eigenvalue weighted by Gasteiger charge is 2.27. The van der Waals surface area contributed by atoms with Crippen molar-refractivity contribution in [3.63, 3.8) is 0 Å². The number of hydrogen-bond acceptors (Lipinski definition) is 1. The van der Waals surface area contributed by atoms with E-state index in [2.05, 4.69) is 23.1 Å². The van der Waals surface area contributed by atoms with Gasteiger partial charge in [0.05, 0.1) is 6.20 Å². The maximum absolute atomic E-state index is 4.18. The van der Waals surface area contributed by atoms with Crippen LogP contribution in [-0.4, -0.2) is 9.96 Å². The Hall–Kier alpha value is -0.360. The third-order valence-corrected chi connectivity index (χ3v) is 5.35. The molecule has 1 N–H and O–H groups in total. The number of aromatic nitrogens is 2. The van der Waals surface area contributed by atoms with Gasteiger partial charge in [0, 0.05) is 13.6 Å². The molecule has 17 heavy (non-hydrogen) atoms. The standard InChI is InChI=1S/C14H25N2P/c1-14(13-12-15-16-17-13)10-8-6-4-2-3-5-7-9-11-14/h12H,2-11H2,1H3,(H,15,16). The molecule has 1 saturated carbocycles. The third kappa shape index (κ3) is 3.81. The van der Waals surface area contributed by atoms with Gasteiger partial charge in [-0.15, -0.1) is 0 Å². The molecule has 0 unspecified atom stereocenters. The minimum Gasteiger partial charge on any atom is -0.260 e. The van der Waals surface area contributed by atoms with Gasteiger partial charge in [-0.2, -0.15) is 5.10 Å². The maximum atomic E-state index is 4.18. The van der Waals surface area contributed by atoms with Gasteiger partial charge in [0.25, 0.3) is 0 Å². The minimum absolute atomic E-state index is 0.402. The van der Waals surface area contributed by atoms with Gasteiger partial charge in [-0.05, 0) is 18.3 Å². The van der Waals surface area contributed by atoms with Crippen LogP contribution in [0.4, 0.5) is 0 Å². The first-order chi connectivity index (χ1) is 8.31. The summed E-state index contributed by atoms with van der Waals surface area (Å²) in [6, 6.07) is 0. The van der Waals surface area contributed by atoms with Gasteiger partial charge in [0.2, 0.25) is 0 Å². The van der Waals surface area contributed by atoms with Gasteiger partial charge in [-0.25, -0.2) is 0 Å². The van der Waals surface area contributed by atoms with Gasteiger partial charge >= 0.3 is 0 Å². The van der Waals surface area contributed by atoms with E-state index in [1.165, 1.54) is 77.9 Å². The molecule has 0 radical (unpaired) electrons. The van der Waals surface area contributed by atoms with Crippen molar-refractivity contribution in [1.82, 2.24) is 9.96 Å². The lowest BCUT2D eigenvalue weighted by Gasteiger charge is -2.28. The molecule has 1 aromatic heterocycles. The van der Waals surface area contributed by atoms with E-state index in [1.807, 2.05) is 0 Å². The fraction of sp³-hybridized carbons (Fsp3) is 0.857. The normalized spacial score (nSPS) is 23.4. The average molecular weight is 252 g/mol. The summed E-state index contributed by atoms with van der Waals surface area (Å²) in [6.07, 6.45) is 16.2. The highest BCUT2D eigenvalue weighted by Crippen LogP contribution is 2.38. The first-order valence-corrected chi connectivity index (χ1v) is 8.07. The van der Waals surface area contributed by atoms with Crippen LogP contribution in [-0.2, 0) is 5.41 Å². The Kier molecular flexibility index (Phi) is 5.03. The first kappa shape index (κ1) is 13.1. The Morgan fingerprint density at radius 1 is 1.00 bits per heavy atom. The van der Waals surface area contributed by atoms with E-state index in [1.54, 1.807) is 0 Å². The molecule has 1 fully saturated rings. The van der Waals surface area contributed by atoms with Crippen LogP contribution < -0.4 is 0 Å². The fourth-order valence-electron chi connectivity index (χ4n) is 2.96. The second-order valence-electron chi connectivity index (χ2n) is 5.74. The molecule has 0 saturated heterocycles. The Morgan fingerprint density at radius 3 is 2.00 bits per heavy atom. The maximum Gasteiger partial charge on any atom is 0.0573 e. The summed E-state index contributed by atoms with van der Waals surface area (Å²) in [6.45, 7) is 2.45. The molecule has 96 valence electrons. The Labute approximate surface area is 107 Å². The summed E-state index contributed by atoms with van der Waals surface area (Å²) < 4.78 is 0. The lowest BCUT2D eigenvalue weighted by atomic mass is 9.79. The van der Waals surface area contributed by atoms with E-state index in [0.29, 0.717) is 5.41 Å². The summed E-state index contributed by atoms with van der Waals surface area (Å²) in [5.74, 6) is 0. The van der Waals surface area contributed by atoms with Crippen molar-refractivity contribution in [2.75, 3.05) is 0 Å². The van der Waals surface area contributed by atoms with Gasteiger partial charge in [0.1, 0.15) is 0 Å². The molecule has 2 nitrogen and oxygen atoms in total. The van der Waals surface area contributed by atoms with Crippen molar-refractivity contribution in [2.45, 2.75) is 76.5 Å². The van der Waals surface area contributed by atoms with Crippen LogP contribution in [0.3, 0.4) is 0 Å². The molecule has 1 heterocycles. The molecule has 2 rings (SSSR count). The molecule has 0 amide bonds. The zero-order valence-corrected chi connectivity index (χ0v) is 11.9. The number of nitrogens with zero attached hydrogens (tertiary/aromatic N) is 1. The van der Waals surface area contributed by atoms with Gasteiger partial charge in [-0.1, -0.05) is 58.3 Å². The van der Waals surface area contributed by atoms with Crippen molar-refractivity contribution in [3.05, 3.63) is 11.5 Å². The van der Waals surface area contributed by atoms with Crippen molar-refractivity contribution in [1.29, 1.82) is 0 Å². The molecule has 1 aliphatic carbocycles. The molecule has 1 aliphatic rings. The minimum atomic E-state index is 0.402. The second kappa shape index (κ2) is 6.54. The SMILES string of the molecule is CC1(c2cn[nH]p2)CCCCCCCCCC1. The summed E-state index contributed by atoms with van der Waals surface area (Å²) >= 11 is 0. The Balaban J connectivity index is 2.01. The van der Waals surface area contributed by atoms with Crippen LogP contribution in [0.15, 0.2) is 6.20 Å². The van der Waals surface area contributed by atoms with Gasteiger partial charge < -0.3 is 0 Å². The molecule has 0 aromatic carbocycles. The summed E-state index contributed by atoms with van der Waals surface area (Å²) in [5.41, 5.74) is 0.402. The molecular weight excluding hydrogens is 227 g/mol. The van der Waals surface area contributed by atoms with E-state index < -0.39 is 0 Å². The van der Waals surface area contributed by atoms with Crippen molar-refractivity contribution in [3.8, 4) is 0 Å². The van der Waals surface area contributed by atoms with Crippen molar-refractivity contribution in [2.24, 2.45) is 0 Å². The summed E-state index contributed by atoms with van der Waals surface area (Å²) in [4.78, 5) is 3.08. The highest BCUT2D eigenvalue weighted by molar-refractivity contribution is 7.26. The molecule has 0 atom stereocenters. The summed E-state index contributed by atoms with van der Waals surface area (Å²) in [5, 5.41) is 5.69. The quantitative estimate of drug-likeness (QED) is 0.734. The lowest BCUT2D eigenvalue weighted by molar-refractivity contribution is 0.376. The van der Waals surface area contributed by atoms with E-state index in [9.17, 15) is 0 Å². The van der Waals surface area contributed by atoms with Gasteiger partial charge in [-0.3, -0.25) is 4.86 Å². The van der Waals surface area contributed by atoms with E-state index in [-0.39, 0.29) is 0 Å². The van der Waals surface area contributed by atoms with E-state index in [4.69, 9.17) is 0 Å². The van der Waals surface area contributed by atoms with Crippen LogP contribution in [0.2, 0.25) is 0 Å². The van der Waals surface area contributed by atoms with Crippen molar-refractivity contribution < 1.29 is 0 Å². The van der Waals surface area contributed by atoms with Crippen LogP contribution in [0.25, 0.3) is 0 Å². The monoisotopic (exact) mass is 252 g/mol. The molecule has 0 bridgehead atoms. The third-order valence-electron chi connectivity index (χ3n) is 4.24. The van der Waals surface area contributed by atoms with Crippen molar-refractivity contribution >= 4 is 8.35 Å². The number of hydrogen-bond donors (Lipinski definition) is 1. The number of aromatic amines is 1. The zero-order valence-electron chi connectivity index (χ0n) is 11.0. The molecule has 3 heteroatoms. The Bertz CT molecular complexity index is 296. The summed E-state index contributed by atoms with van der Waals surface area (Å²) in [7, 11) is 1.23. The first-order valence-electron chi connectivity index (χ1n) is 7.17. The van der Waals surface area contributed by atoms with E-state index in [0.717, 1.165) is 0 Å². The molecule has 0 aliphatic heterocycles. The van der Waals surface area contributed by atoms with Crippen LogP contribution in [0.1, 0.15) is 76.4 Å². The van der Waals surface area contributed by atoms with Gasteiger partial charge in [0.15, 0.2) is 0 Å². The largest absolute Gasteiger partial charge is 0.260 e.